The summed E-state index contributed by atoms with van der Waals surface area (Å²) in [5.74, 6) is 0.641. The molecule has 1 aromatic heterocycles. The van der Waals surface area contributed by atoms with Crippen molar-refractivity contribution in [1.82, 2.24) is 14.5 Å². The molecule has 6 heteroatoms. The Kier molecular flexibility index (Phi) is 5.54. The summed E-state index contributed by atoms with van der Waals surface area (Å²) >= 11 is 0. The molecule has 2 aromatic carbocycles. The van der Waals surface area contributed by atoms with Gasteiger partial charge >= 0.3 is 0 Å². The van der Waals surface area contributed by atoms with Gasteiger partial charge in [-0.3, -0.25) is 0 Å². The normalized spacial score (nSPS) is 15.6. The van der Waals surface area contributed by atoms with Crippen LogP contribution < -0.4 is 5.32 Å². The van der Waals surface area contributed by atoms with Crippen LogP contribution in [-0.4, -0.2) is 40.1 Å². The Morgan fingerprint density at radius 2 is 1.86 bits per heavy atom. The van der Waals surface area contributed by atoms with E-state index in [1.165, 1.54) is 12.1 Å². The maximum atomic E-state index is 13.3. The van der Waals surface area contributed by atoms with Gasteiger partial charge in [0.1, 0.15) is 5.82 Å². The van der Waals surface area contributed by atoms with Crippen molar-refractivity contribution in [2.75, 3.05) is 25.0 Å². The van der Waals surface area contributed by atoms with Gasteiger partial charge in [-0.1, -0.05) is 24.3 Å². The first-order chi connectivity index (χ1) is 13.7. The first-order valence-electron chi connectivity index (χ1n) is 9.78. The Balaban J connectivity index is 1.52. The fourth-order valence-corrected chi connectivity index (χ4v) is 3.81. The average molecular weight is 377 g/mol. The Labute approximate surface area is 164 Å². The molecule has 0 radical (unpaired) electrons. The van der Waals surface area contributed by atoms with Crippen molar-refractivity contribution in [2.24, 2.45) is 0 Å². The molecule has 0 aliphatic carbocycles. The van der Waals surface area contributed by atoms with E-state index in [0.717, 1.165) is 55.0 Å². The molecule has 0 unspecified atom stereocenters. The molecule has 5 nitrogen and oxygen atoms in total. The maximum absolute atomic E-state index is 13.3. The van der Waals surface area contributed by atoms with Crippen LogP contribution in [0.1, 0.15) is 24.8 Å². The number of nitrogens with one attached hydrogen (secondary N) is 1. The minimum Gasteiger partial charge on any atom is -0.353 e. The number of hydrogen-bond donors (Lipinski definition) is 1. The summed E-state index contributed by atoms with van der Waals surface area (Å²) in [6, 6.07) is 17.3. The number of aromatic nitrogens is 2. The third kappa shape index (κ3) is 4.15. The average Bonchev–Trinajstić information content (AvgIpc) is 3.06. The molecular formula is C22H24FN5. The van der Waals surface area contributed by atoms with Gasteiger partial charge in [0.15, 0.2) is 0 Å². The zero-order valence-electron chi connectivity index (χ0n) is 15.8. The number of nitriles is 1. The zero-order chi connectivity index (χ0) is 19.3. The molecule has 2 heterocycles. The van der Waals surface area contributed by atoms with Crippen molar-refractivity contribution < 1.29 is 4.39 Å². The molecule has 28 heavy (non-hydrogen) atoms. The Morgan fingerprint density at radius 1 is 1.11 bits per heavy atom. The van der Waals surface area contributed by atoms with Crippen LogP contribution in [0.3, 0.4) is 0 Å². The third-order valence-corrected chi connectivity index (χ3v) is 5.37. The predicted molar refractivity (Wildman–Crippen MR) is 109 cm³/mol. The van der Waals surface area contributed by atoms with Gasteiger partial charge in [0.2, 0.25) is 5.95 Å². The van der Waals surface area contributed by atoms with Gasteiger partial charge < -0.3 is 14.8 Å². The number of fused-ring (bicyclic) bond motifs is 1. The fourth-order valence-electron chi connectivity index (χ4n) is 3.81. The standard InChI is InChI=1S/C22H24FN5/c23-18-8-6-17(7-9-18)16-28-21-5-2-1-4-20(21)26-22(28)25-19-10-14-27(15-11-19)13-3-12-24/h1-2,4-9,19H,3,10-11,13-16H2,(H,25,26). The van der Waals surface area contributed by atoms with Crippen molar-refractivity contribution >= 4 is 17.0 Å². The number of nitrogens with zero attached hydrogens (tertiary/aromatic N) is 4. The maximum Gasteiger partial charge on any atom is 0.204 e. The third-order valence-electron chi connectivity index (χ3n) is 5.37. The van der Waals surface area contributed by atoms with Crippen LogP contribution >= 0.6 is 0 Å². The monoisotopic (exact) mass is 377 g/mol. The summed E-state index contributed by atoms with van der Waals surface area (Å²) in [5, 5.41) is 12.4. The lowest BCUT2D eigenvalue weighted by molar-refractivity contribution is 0.223. The van der Waals surface area contributed by atoms with Crippen LogP contribution in [0.25, 0.3) is 11.0 Å². The van der Waals surface area contributed by atoms with Crippen LogP contribution in [0.15, 0.2) is 48.5 Å². The van der Waals surface area contributed by atoms with Gasteiger partial charge in [0, 0.05) is 32.1 Å². The first kappa shape index (κ1) is 18.5. The van der Waals surface area contributed by atoms with E-state index in [9.17, 15) is 4.39 Å². The smallest absolute Gasteiger partial charge is 0.204 e. The molecule has 1 aliphatic heterocycles. The Morgan fingerprint density at radius 3 is 2.61 bits per heavy atom. The lowest BCUT2D eigenvalue weighted by atomic mass is 10.1. The van der Waals surface area contributed by atoms with Crippen molar-refractivity contribution in [3.05, 3.63) is 59.9 Å². The quantitative estimate of drug-likeness (QED) is 0.705. The highest BCUT2D eigenvalue weighted by atomic mass is 19.1. The van der Waals surface area contributed by atoms with E-state index in [2.05, 4.69) is 26.9 Å². The van der Waals surface area contributed by atoms with E-state index < -0.39 is 0 Å². The number of imidazole rings is 1. The van der Waals surface area contributed by atoms with Gasteiger partial charge in [-0.05, 0) is 42.7 Å². The second-order valence-electron chi connectivity index (χ2n) is 7.31. The Bertz CT molecular complexity index is 965. The van der Waals surface area contributed by atoms with Crippen LogP contribution in [0.4, 0.5) is 10.3 Å². The van der Waals surface area contributed by atoms with E-state index in [-0.39, 0.29) is 5.82 Å². The highest BCUT2D eigenvalue weighted by Crippen LogP contribution is 2.24. The lowest BCUT2D eigenvalue weighted by Crippen LogP contribution is -2.39. The largest absolute Gasteiger partial charge is 0.353 e. The van der Waals surface area contributed by atoms with Crippen LogP contribution in [-0.2, 0) is 6.54 Å². The molecule has 0 saturated carbocycles. The molecule has 0 atom stereocenters. The molecule has 1 fully saturated rings. The van der Waals surface area contributed by atoms with Crippen LogP contribution in [0.5, 0.6) is 0 Å². The summed E-state index contributed by atoms with van der Waals surface area (Å²) < 4.78 is 15.4. The van der Waals surface area contributed by atoms with E-state index >= 15 is 0 Å². The minimum absolute atomic E-state index is 0.222. The number of halogens is 1. The molecule has 0 spiro atoms. The van der Waals surface area contributed by atoms with Gasteiger partial charge in [-0.2, -0.15) is 5.26 Å². The highest BCUT2D eigenvalue weighted by Gasteiger charge is 2.21. The number of anilines is 1. The number of para-hydroxylation sites is 2. The highest BCUT2D eigenvalue weighted by molar-refractivity contribution is 5.78. The summed E-state index contributed by atoms with van der Waals surface area (Å²) in [6.07, 6.45) is 2.65. The molecular weight excluding hydrogens is 353 g/mol. The van der Waals surface area contributed by atoms with Crippen molar-refractivity contribution in [2.45, 2.75) is 31.8 Å². The topological polar surface area (TPSA) is 56.9 Å². The minimum atomic E-state index is -0.222. The lowest BCUT2D eigenvalue weighted by Gasteiger charge is -2.32. The van der Waals surface area contributed by atoms with Gasteiger partial charge in [0.05, 0.1) is 23.6 Å². The van der Waals surface area contributed by atoms with Crippen LogP contribution in [0, 0.1) is 17.1 Å². The molecule has 1 N–H and O–H groups in total. The van der Waals surface area contributed by atoms with E-state index in [0.29, 0.717) is 19.0 Å². The van der Waals surface area contributed by atoms with Gasteiger partial charge in [0.25, 0.3) is 0 Å². The molecule has 0 amide bonds. The van der Waals surface area contributed by atoms with Crippen molar-refractivity contribution in [3.8, 4) is 6.07 Å². The number of likely N-dealkylation sites (tertiary alicyclic amines) is 1. The van der Waals surface area contributed by atoms with E-state index in [4.69, 9.17) is 10.2 Å². The van der Waals surface area contributed by atoms with Crippen LogP contribution in [0.2, 0.25) is 0 Å². The van der Waals surface area contributed by atoms with E-state index in [1.54, 1.807) is 0 Å². The molecule has 1 saturated heterocycles. The van der Waals surface area contributed by atoms with Crippen molar-refractivity contribution in [3.63, 3.8) is 0 Å². The second kappa shape index (κ2) is 8.41. The first-order valence-corrected chi connectivity index (χ1v) is 9.78. The van der Waals surface area contributed by atoms with Gasteiger partial charge in [-0.25, -0.2) is 9.37 Å². The second-order valence-corrected chi connectivity index (χ2v) is 7.31. The Hall–Kier alpha value is -2.91. The number of rotatable bonds is 6. The summed E-state index contributed by atoms with van der Waals surface area (Å²) in [7, 11) is 0. The molecule has 0 bridgehead atoms. The number of piperidine rings is 1. The molecule has 144 valence electrons. The van der Waals surface area contributed by atoms with Gasteiger partial charge in [-0.15, -0.1) is 0 Å². The number of benzene rings is 2. The molecule has 1 aliphatic rings. The molecule has 3 aromatic rings. The SMILES string of the molecule is N#CCCN1CCC(Nc2nc3ccccc3n2Cc2ccc(F)cc2)CC1. The fraction of sp³-hybridized carbons (Fsp3) is 0.364. The summed E-state index contributed by atoms with van der Waals surface area (Å²) in [4.78, 5) is 7.16. The zero-order valence-corrected chi connectivity index (χ0v) is 15.8. The summed E-state index contributed by atoms with van der Waals surface area (Å²) in [5.41, 5.74) is 3.07. The number of hydrogen-bond acceptors (Lipinski definition) is 4. The molecule has 4 rings (SSSR count). The van der Waals surface area contributed by atoms with E-state index in [1.807, 2.05) is 30.3 Å². The van der Waals surface area contributed by atoms with Crippen molar-refractivity contribution in [1.29, 1.82) is 5.26 Å². The predicted octanol–water partition coefficient (Wildman–Crippen LogP) is 4.01. The summed E-state index contributed by atoms with van der Waals surface area (Å²) in [6.45, 7) is 3.49.